The summed E-state index contributed by atoms with van der Waals surface area (Å²) in [6.07, 6.45) is 3.77. The predicted molar refractivity (Wildman–Crippen MR) is 102 cm³/mol. The van der Waals surface area contributed by atoms with E-state index in [0.29, 0.717) is 0 Å². The number of ether oxygens (including phenoxy) is 1. The number of rotatable bonds is 4. The van der Waals surface area contributed by atoms with E-state index >= 15 is 0 Å². The summed E-state index contributed by atoms with van der Waals surface area (Å²) in [7, 11) is 1.81. The maximum Gasteiger partial charge on any atom is 0.263 e. The van der Waals surface area contributed by atoms with E-state index < -0.39 is 0 Å². The molecule has 4 rings (SSSR count). The smallest absolute Gasteiger partial charge is 0.263 e. The Morgan fingerprint density at radius 2 is 2.33 bits per heavy atom. The second-order valence-corrected chi connectivity index (χ2v) is 8.66. The maximum absolute atomic E-state index is 12.9. The predicted octanol–water partition coefficient (Wildman–Crippen LogP) is 4.38. The molecule has 0 aliphatic carbocycles. The highest BCUT2D eigenvalue weighted by Gasteiger charge is 2.18. The Bertz CT molecular complexity index is 893. The first-order valence-electron chi connectivity index (χ1n) is 8.00. The summed E-state index contributed by atoms with van der Waals surface area (Å²) in [5.41, 5.74) is 1.04. The second kappa shape index (κ2) is 7.00. The molecule has 1 fully saturated rings. The molecule has 4 nitrogen and oxygen atoms in total. The molecule has 1 unspecified atom stereocenters. The van der Waals surface area contributed by atoms with Gasteiger partial charge in [0.25, 0.3) is 5.56 Å². The molecule has 24 heavy (non-hydrogen) atoms. The summed E-state index contributed by atoms with van der Waals surface area (Å²) >= 11 is 4.83. The van der Waals surface area contributed by atoms with Crippen LogP contribution in [0.15, 0.2) is 32.8 Å². The Labute approximate surface area is 152 Å². The lowest BCUT2D eigenvalue weighted by Crippen LogP contribution is -2.23. The van der Waals surface area contributed by atoms with Gasteiger partial charge < -0.3 is 4.74 Å². The van der Waals surface area contributed by atoms with Crippen molar-refractivity contribution in [2.24, 2.45) is 7.05 Å². The van der Waals surface area contributed by atoms with Gasteiger partial charge in [-0.1, -0.05) is 17.8 Å². The third-order valence-corrected chi connectivity index (χ3v) is 7.17. The molecular weight excluding hydrogens is 360 g/mol. The zero-order valence-electron chi connectivity index (χ0n) is 13.4. The monoisotopic (exact) mass is 378 g/mol. The zero-order valence-corrected chi connectivity index (χ0v) is 15.8. The average molecular weight is 379 g/mol. The molecule has 1 atom stereocenters. The van der Waals surface area contributed by atoms with Crippen molar-refractivity contribution in [2.45, 2.75) is 30.5 Å². The topological polar surface area (TPSA) is 44.1 Å². The Kier molecular flexibility index (Phi) is 4.76. The van der Waals surface area contributed by atoms with Gasteiger partial charge in [-0.3, -0.25) is 9.36 Å². The first kappa shape index (κ1) is 16.3. The quantitative estimate of drug-likeness (QED) is 0.499. The van der Waals surface area contributed by atoms with E-state index in [2.05, 4.69) is 6.07 Å². The molecule has 0 bridgehead atoms. The van der Waals surface area contributed by atoms with Crippen molar-refractivity contribution in [2.75, 3.05) is 12.4 Å². The minimum Gasteiger partial charge on any atom is -0.377 e. The molecule has 3 aromatic rings. The van der Waals surface area contributed by atoms with E-state index in [4.69, 9.17) is 9.72 Å². The highest BCUT2D eigenvalue weighted by atomic mass is 32.2. The number of hydrogen-bond donors (Lipinski definition) is 0. The van der Waals surface area contributed by atoms with Crippen LogP contribution in [0.1, 0.15) is 19.3 Å². The fourth-order valence-corrected chi connectivity index (χ4v) is 5.74. The molecule has 0 aromatic carbocycles. The van der Waals surface area contributed by atoms with Crippen molar-refractivity contribution in [3.63, 3.8) is 0 Å². The summed E-state index contributed by atoms with van der Waals surface area (Å²) < 4.78 is 7.46. The van der Waals surface area contributed by atoms with E-state index in [9.17, 15) is 4.79 Å². The van der Waals surface area contributed by atoms with Gasteiger partial charge in [-0.15, -0.1) is 22.7 Å². The van der Waals surface area contributed by atoms with Crippen molar-refractivity contribution in [1.82, 2.24) is 9.55 Å². The van der Waals surface area contributed by atoms with Crippen LogP contribution < -0.4 is 5.56 Å². The normalized spacial score (nSPS) is 18.3. The highest BCUT2D eigenvalue weighted by Crippen LogP contribution is 2.34. The Morgan fingerprint density at radius 1 is 1.42 bits per heavy atom. The van der Waals surface area contributed by atoms with Crippen molar-refractivity contribution in [1.29, 1.82) is 0 Å². The fourth-order valence-electron chi connectivity index (χ4n) is 2.90. The molecule has 7 heteroatoms. The van der Waals surface area contributed by atoms with Crippen LogP contribution in [0.2, 0.25) is 0 Å². The van der Waals surface area contributed by atoms with Gasteiger partial charge in [0.2, 0.25) is 0 Å². The van der Waals surface area contributed by atoms with Gasteiger partial charge in [0, 0.05) is 35.2 Å². The minimum absolute atomic E-state index is 0.0386. The summed E-state index contributed by atoms with van der Waals surface area (Å²) in [5.74, 6) is 0.856. The molecular formula is C17H18N2O2S3. The lowest BCUT2D eigenvalue weighted by Gasteiger charge is -2.22. The molecule has 4 heterocycles. The van der Waals surface area contributed by atoms with Crippen molar-refractivity contribution in [3.8, 4) is 10.4 Å². The number of nitrogens with zero attached hydrogens (tertiary/aromatic N) is 2. The van der Waals surface area contributed by atoms with Crippen LogP contribution in [0.5, 0.6) is 0 Å². The third-order valence-electron chi connectivity index (χ3n) is 4.23. The van der Waals surface area contributed by atoms with Gasteiger partial charge in [-0.05, 0) is 30.7 Å². The standard InChI is InChI=1S/C17H18N2O2S3/c1-19-16(20)14-12(13-6-4-8-22-13)10-23-15(14)18-17(19)24-9-11-5-2-3-7-21-11/h4,6,8,10-11H,2-3,5,7,9H2,1H3. The Balaban J connectivity index is 1.66. The number of fused-ring (bicyclic) bond motifs is 1. The number of thiophene rings is 2. The van der Waals surface area contributed by atoms with Crippen molar-refractivity contribution >= 4 is 44.7 Å². The summed E-state index contributed by atoms with van der Waals surface area (Å²) in [6.45, 7) is 0.853. The molecule has 0 amide bonds. The number of hydrogen-bond acceptors (Lipinski definition) is 6. The number of aromatic nitrogens is 2. The first-order valence-corrected chi connectivity index (χ1v) is 10.7. The van der Waals surface area contributed by atoms with Crippen LogP contribution in [-0.4, -0.2) is 28.0 Å². The fraction of sp³-hybridized carbons (Fsp3) is 0.412. The lowest BCUT2D eigenvalue weighted by molar-refractivity contribution is 0.0315. The van der Waals surface area contributed by atoms with Crippen LogP contribution in [0.3, 0.4) is 0 Å². The van der Waals surface area contributed by atoms with Gasteiger partial charge >= 0.3 is 0 Å². The molecule has 1 aliphatic rings. The molecule has 1 saturated heterocycles. The van der Waals surface area contributed by atoms with E-state index in [0.717, 1.165) is 51.0 Å². The average Bonchev–Trinajstić information content (AvgIpc) is 3.27. The summed E-state index contributed by atoms with van der Waals surface area (Å²) in [6, 6.07) is 4.06. The van der Waals surface area contributed by atoms with Gasteiger partial charge in [0.05, 0.1) is 11.5 Å². The van der Waals surface area contributed by atoms with E-state index in [1.807, 2.05) is 23.9 Å². The molecule has 3 aromatic heterocycles. The molecule has 0 spiro atoms. The van der Waals surface area contributed by atoms with Crippen LogP contribution >= 0.6 is 34.4 Å². The molecule has 126 valence electrons. The number of thioether (sulfide) groups is 1. The van der Waals surface area contributed by atoms with Crippen LogP contribution in [-0.2, 0) is 11.8 Å². The highest BCUT2D eigenvalue weighted by molar-refractivity contribution is 7.99. The Morgan fingerprint density at radius 3 is 3.08 bits per heavy atom. The molecule has 0 N–H and O–H groups in total. The van der Waals surface area contributed by atoms with Gasteiger partial charge in [-0.2, -0.15) is 0 Å². The largest absolute Gasteiger partial charge is 0.377 e. The van der Waals surface area contributed by atoms with Crippen molar-refractivity contribution < 1.29 is 4.74 Å². The first-order chi connectivity index (χ1) is 11.7. The minimum atomic E-state index is 0.0386. The van der Waals surface area contributed by atoms with E-state index in [-0.39, 0.29) is 11.7 Å². The van der Waals surface area contributed by atoms with Crippen LogP contribution in [0.4, 0.5) is 0 Å². The van der Waals surface area contributed by atoms with Gasteiger partial charge in [0.1, 0.15) is 4.83 Å². The van der Waals surface area contributed by atoms with Crippen LogP contribution in [0.25, 0.3) is 20.7 Å². The van der Waals surface area contributed by atoms with Gasteiger partial charge in [0.15, 0.2) is 5.16 Å². The second-order valence-electron chi connectivity index (χ2n) is 5.86. The van der Waals surface area contributed by atoms with Crippen LogP contribution in [0, 0.1) is 0 Å². The molecule has 0 saturated carbocycles. The summed E-state index contributed by atoms with van der Waals surface area (Å²) in [4.78, 5) is 19.6. The van der Waals surface area contributed by atoms with Gasteiger partial charge in [-0.25, -0.2) is 4.98 Å². The molecule has 0 radical (unpaired) electrons. The Hall–Kier alpha value is -1.15. The molecule has 1 aliphatic heterocycles. The lowest BCUT2D eigenvalue weighted by atomic mass is 10.1. The third kappa shape index (κ3) is 3.06. The summed E-state index contributed by atoms with van der Waals surface area (Å²) in [5, 5.41) is 5.60. The van der Waals surface area contributed by atoms with E-state index in [1.165, 1.54) is 6.42 Å². The van der Waals surface area contributed by atoms with Crippen molar-refractivity contribution in [3.05, 3.63) is 33.2 Å². The SMILES string of the molecule is Cn1c(SCC2CCCCO2)nc2scc(-c3cccs3)c2c1=O. The zero-order chi connectivity index (χ0) is 16.5. The maximum atomic E-state index is 12.9. The van der Waals surface area contributed by atoms with E-state index in [1.54, 1.807) is 39.0 Å².